The van der Waals surface area contributed by atoms with E-state index >= 15 is 0 Å². The summed E-state index contributed by atoms with van der Waals surface area (Å²) >= 11 is 0. The standard InChI is InChI=1S/C12H16N6O/c1-8-5-10(18-12(16-8)14-7-15-18)17-4-2-3-9(6-17)11(13)19/h5,7,9H,2-4,6H2,1H3,(H2,13,19). The lowest BCUT2D eigenvalue weighted by Gasteiger charge is -2.32. The predicted octanol–water partition coefficient (Wildman–Crippen LogP) is 0.134. The highest BCUT2D eigenvalue weighted by Crippen LogP contribution is 2.23. The fourth-order valence-electron chi connectivity index (χ4n) is 2.55. The van der Waals surface area contributed by atoms with Crippen LogP contribution in [0.1, 0.15) is 18.5 Å². The number of aromatic nitrogens is 4. The summed E-state index contributed by atoms with van der Waals surface area (Å²) in [5.74, 6) is 1.17. The molecule has 1 fully saturated rings. The molecule has 0 spiro atoms. The van der Waals surface area contributed by atoms with Crippen LogP contribution in [0.25, 0.3) is 5.78 Å². The molecule has 2 N–H and O–H groups in total. The second-order valence-corrected chi connectivity index (χ2v) is 4.92. The molecule has 1 atom stereocenters. The first-order valence-electron chi connectivity index (χ1n) is 6.37. The third-order valence-electron chi connectivity index (χ3n) is 3.51. The number of nitrogens with zero attached hydrogens (tertiary/aromatic N) is 5. The van der Waals surface area contributed by atoms with Gasteiger partial charge in [0.25, 0.3) is 5.78 Å². The van der Waals surface area contributed by atoms with Gasteiger partial charge in [0, 0.05) is 24.8 Å². The summed E-state index contributed by atoms with van der Waals surface area (Å²) in [7, 11) is 0. The van der Waals surface area contributed by atoms with E-state index in [0.29, 0.717) is 12.3 Å². The van der Waals surface area contributed by atoms with Crippen molar-refractivity contribution in [3.8, 4) is 0 Å². The average molecular weight is 260 g/mol. The second-order valence-electron chi connectivity index (χ2n) is 4.92. The zero-order valence-electron chi connectivity index (χ0n) is 10.8. The third-order valence-corrected chi connectivity index (χ3v) is 3.51. The lowest BCUT2D eigenvalue weighted by molar-refractivity contribution is -0.122. The minimum Gasteiger partial charge on any atom is -0.369 e. The molecule has 2 aromatic heterocycles. The lowest BCUT2D eigenvalue weighted by atomic mass is 9.97. The monoisotopic (exact) mass is 260 g/mol. The second kappa shape index (κ2) is 4.49. The predicted molar refractivity (Wildman–Crippen MR) is 69.7 cm³/mol. The van der Waals surface area contributed by atoms with E-state index in [-0.39, 0.29) is 11.8 Å². The molecule has 0 saturated carbocycles. The topological polar surface area (TPSA) is 89.4 Å². The number of hydrogen-bond donors (Lipinski definition) is 1. The maximum atomic E-state index is 11.4. The van der Waals surface area contributed by atoms with Gasteiger partial charge in [0.1, 0.15) is 12.1 Å². The molecule has 1 aliphatic rings. The van der Waals surface area contributed by atoms with Crippen LogP contribution in [-0.4, -0.2) is 38.6 Å². The Hall–Kier alpha value is -2.18. The quantitative estimate of drug-likeness (QED) is 0.829. The molecule has 7 nitrogen and oxygen atoms in total. The Kier molecular flexibility index (Phi) is 2.81. The first-order chi connectivity index (χ1) is 9.15. The number of hydrogen-bond acceptors (Lipinski definition) is 5. The molecule has 0 radical (unpaired) electrons. The van der Waals surface area contributed by atoms with Crippen LogP contribution >= 0.6 is 0 Å². The number of amides is 1. The van der Waals surface area contributed by atoms with Crippen molar-refractivity contribution in [1.82, 2.24) is 19.6 Å². The molecule has 0 aromatic carbocycles. The number of piperidine rings is 1. The Labute approximate surface area is 110 Å². The molecule has 19 heavy (non-hydrogen) atoms. The number of carbonyl (C=O) groups is 1. The Balaban J connectivity index is 1.99. The SMILES string of the molecule is Cc1cc(N2CCCC(C(N)=O)C2)n2ncnc2n1. The van der Waals surface area contributed by atoms with Crippen LogP contribution in [0.3, 0.4) is 0 Å². The van der Waals surface area contributed by atoms with Gasteiger partial charge in [-0.3, -0.25) is 4.79 Å². The van der Waals surface area contributed by atoms with E-state index in [2.05, 4.69) is 20.0 Å². The van der Waals surface area contributed by atoms with Gasteiger partial charge in [0.15, 0.2) is 0 Å². The smallest absolute Gasteiger partial charge is 0.254 e. The summed E-state index contributed by atoms with van der Waals surface area (Å²) in [5.41, 5.74) is 6.30. The van der Waals surface area contributed by atoms with Crippen molar-refractivity contribution in [2.45, 2.75) is 19.8 Å². The fourth-order valence-corrected chi connectivity index (χ4v) is 2.55. The summed E-state index contributed by atoms with van der Waals surface area (Å²) in [6.07, 6.45) is 3.29. The van der Waals surface area contributed by atoms with E-state index in [1.54, 1.807) is 4.52 Å². The third kappa shape index (κ3) is 2.11. The van der Waals surface area contributed by atoms with E-state index in [9.17, 15) is 4.79 Å². The van der Waals surface area contributed by atoms with Crippen LogP contribution < -0.4 is 10.6 Å². The van der Waals surface area contributed by atoms with Crippen molar-refractivity contribution in [2.75, 3.05) is 18.0 Å². The summed E-state index contributed by atoms with van der Waals surface area (Å²) in [5, 5.41) is 4.19. The molecule has 0 bridgehead atoms. The molecule has 3 rings (SSSR count). The van der Waals surface area contributed by atoms with Gasteiger partial charge < -0.3 is 10.6 Å². The molecule has 1 aliphatic heterocycles. The Morgan fingerprint density at radius 2 is 2.37 bits per heavy atom. The minimum absolute atomic E-state index is 0.0965. The Bertz CT molecular complexity index is 622. The summed E-state index contributed by atoms with van der Waals surface area (Å²) in [6, 6.07) is 1.96. The van der Waals surface area contributed by atoms with Crippen LogP contribution in [0.5, 0.6) is 0 Å². The van der Waals surface area contributed by atoms with Crippen LogP contribution in [0.2, 0.25) is 0 Å². The number of primary amides is 1. The highest BCUT2D eigenvalue weighted by Gasteiger charge is 2.25. The summed E-state index contributed by atoms with van der Waals surface area (Å²) < 4.78 is 1.70. The lowest BCUT2D eigenvalue weighted by Crippen LogP contribution is -2.42. The number of nitrogens with two attached hydrogens (primary N) is 1. The number of anilines is 1. The number of fused-ring (bicyclic) bond motifs is 1. The van der Waals surface area contributed by atoms with Crippen molar-refractivity contribution in [3.63, 3.8) is 0 Å². The van der Waals surface area contributed by atoms with Gasteiger partial charge >= 0.3 is 0 Å². The molecule has 0 aliphatic carbocycles. The zero-order valence-corrected chi connectivity index (χ0v) is 10.8. The summed E-state index contributed by atoms with van der Waals surface area (Å²) in [6.45, 7) is 3.45. The van der Waals surface area contributed by atoms with E-state index < -0.39 is 0 Å². The first-order valence-corrected chi connectivity index (χ1v) is 6.37. The normalized spacial score (nSPS) is 19.8. The molecule has 1 unspecified atom stereocenters. The van der Waals surface area contributed by atoms with E-state index in [1.807, 2.05) is 13.0 Å². The maximum Gasteiger partial charge on any atom is 0.254 e. The van der Waals surface area contributed by atoms with Gasteiger partial charge in [-0.05, 0) is 19.8 Å². The minimum atomic E-state index is -0.231. The van der Waals surface area contributed by atoms with Crippen LogP contribution in [0, 0.1) is 12.8 Å². The highest BCUT2D eigenvalue weighted by molar-refractivity contribution is 5.77. The van der Waals surface area contributed by atoms with Crippen LogP contribution in [-0.2, 0) is 4.79 Å². The molecular formula is C12H16N6O. The highest BCUT2D eigenvalue weighted by atomic mass is 16.1. The largest absolute Gasteiger partial charge is 0.369 e. The van der Waals surface area contributed by atoms with E-state index in [0.717, 1.165) is 30.9 Å². The van der Waals surface area contributed by atoms with Crippen LogP contribution in [0.15, 0.2) is 12.4 Å². The molecule has 2 aromatic rings. The number of aryl methyl sites for hydroxylation is 1. The summed E-state index contributed by atoms with van der Waals surface area (Å²) in [4.78, 5) is 21.9. The van der Waals surface area contributed by atoms with Gasteiger partial charge in [-0.15, -0.1) is 0 Å². The molecular weight excluding hydrogens is 244 g/mol. The first kappa shape index (κ1) is 11.9. The Morgan fingerprint density at radius 3 is 3.16 bits per heavy atom. The van der Waals surface area contributed by atoms with Crippen molar-refractivity contribution >= 4 is 17.5 Å². The van der Waals surface area contributed by atoms with Crippen molar-refractivity contribution in [2.24, 2.45) is 11.7 Å². The number of carbonyl (C=O) groups excluding carboxylic acids is 1. The fraction of sp³-hybridized carbons (Fsp3) is 0.500. The molecule has 1 amide bonds. The maximum absolute atomic E-state index is 11.4. The van der Waals surface area contributed by atoms with Gasteiger partial charge in [-0.25, -0.2) is 4.98 Å². The Morgan fingerprint density at radius 1 is 1.53 bits per heavy atom. The van der Waals surface area contributed by atoms with E-state index in [4.69, 9.17) is 5.73 Å². The molecule has 3 heterocycles. The van der Waals surface area contributed by atoms with Gasteiger partial charge in [-0.1, -0.05) is 0 Å². The molecule has 7 heteroatoms. The van der Waals surface area contributed by atoms with Crippen molar-refractivity contribution in [3.05, 3.63) is 18.1 Å². The zero-order chi connectivity index (χ0) is 13.4. The van der Waals surface area contributed by atoms with Crippen molar-refractivity contribution < 1.29 is 4.79 Å². The van der Waals surface area contributed by atoms with Gasteiger partial charge in [0.2, 0.25) is 5.91 Å². The van der Waals surface area contributed by atoms with E-state index in [1.165, 1.54) is 6.33 Å². The van der Waals surface area contributed by atoms with Gasteiger partial charge in [-0.2, -0.15) is 14.6 Å². The van der Waals surface area contributed by atoms with Crippen molar-refractivity contribution in [1.29, 1.82) is 0 Å². The van der Waals surface area contributed by atoms with Gasteiger partial charge in [0.05, 0.1) is 5.92 Å². The van der Waals surface area contributed by atoms with Crippen LogP contribution in [0.4, 0.5) is 5.82 Å². The number of rotatable bonds is 2. The molecule has 100 valence electrons. The average Bonchev–Trinajstić information content (AvgIpc) is 2.85. The molecule has 1 saturated heterocycles.